The van der Waals surface area contributed by atoms with Gasteiger partial charge in [0.15, 0.2) is 0 Å². The van der Waals surface area contributed by atoms with Crippen LogP contribution < -0.4 is 55.9 Å². The first kappa shape index (κ1) is 65.0. The number of halogens is 3. The quantitative estimate of drug-likeness (QED) is 0.267. The Morgan fingerprint density at radius 2 is 0.273 bits per heavy atom. The molecule has 0 spiro atoms. The van der Waals surface area contributed by atoms with Crippen molar-refractivity contribution < 1.29 is 169 Å². The van der Waals surface area contributed by atoms with E-state index < -0.39 is 30.7 Å². The van der Waals surface area contributed by atoms with Crippen molar-refractivity contribution in [2.45, 2.75) is 0 Å². The Morgan fingerprint density at radius 3 is 0.273 bits per heavy atom. The van der Waals surface area contributed by atoms with Gasteiger partial charge in [-0.15, -0.1) is 30.7 Å². The molecule has 0 unspecified atom stereocenters. The van der Waals surface area contributed by atoms with E-state index in [1.54, 1.807) is 0 Å². The summed E-state index contributed by atoms with van der Waals surface area (Å²) in [6.45, 7) is 0. The van der Waals surface area contributed by atoms with Crippen LogP contribution in [0.1, 0.15) is 0 Å². The van der Waals surface area contributed by atoms with Crippen LogP contribution in [0.3, 0.4) is 0 Å². The summed E-state index contributed by atoms with van der Waals surface area (Å²) in [5.41, 5.74) is 0. The van der Waals surface area contributed by atoms with E-state index in [9.17, 15) is 0 Å². The van der Waals surface area contributed by atoms with Crippen LogP contribution >= 0.6 is 0 Å². The average molecular weight is 558 g/mol. The summed E-state index contributed by atoms with van der Waals surface area (Å²) in [4.78, 5) is 0. The van der Waals surface area contributed by atoms with Gasteiger partial charge in [-0.2, -0.15) is 0 Å². The molecule has 0 aliphatic rings. The normalized spacial score (nSPS) is 8.18. The Morgan fingerprint density at radius 1 is 0.273 bits per heavy atom. The van der Waals surface area contributed by atoms with Gasteiger partial charge in [0.25, 0.3) is 0 Å². The molecule has 22 heteroatoms. The second kappa shape index (κ2) is 27.6. The zero-order chi connectivity index (χ0) is 13.5. The van der Waals surface area contributed by atoms with E-state index in [1.165, 1.54) is 0 Å². The van der Waals surface area contributed by atoms with Gasteiger partial charge in [-0.05, 0) is 0 Å². The van der Waals surface area contributed by atoms with Crippen molar-refractivity contribution in [2.75, 3.05) is 0 Å². The minimum Gasteiger partial charge on any atom is -0.412 e. The van der Waals surface area contributed by atoms with E-state index >= 15 is 0 Å². The van der Waals surface area contributed by atoms with Gasteiger partial charge in [0, 0.05) is 0 Å². The van der Waals surface area contributed by atoms with Crippen LogP contribution in [0.4, 0.5) is 0 Å². The molecule has 0 aliphatic carbocycles. The third-order valence-corrected chi connectivity index (χ3v) is 0. The molecule has 148 valence electrons. The maximum atomic E-state index is 8.49. The summed E-state index contributed by atoms with van der Waals surface area (Å²) in [5.74, 6) is 0. The molecule has 22 heavy (non-hydrogen) atoms. The zero-order valence-electron chi connectivity index (χ0n) is 9.41. The second-order valence-corrected chi connectivity index (χ2v) is 3.40. The summed E-state index contributed by atoms with van der Waals surface area (Å²) in [6, 6.07) is 0. The van der Waals surface area contributed by atoms with Crippen LogP contribution in [0.5, 0.6) is 0 Å². The van der Waals surface area contributed by atoms with E-state index in [0.717, 1.165) is 0 Å². The third-order valence-electron chi connectivity index (χ3n) is 0. The van der Waals surface area contributed by atoms with Crippen molar-refractivity contribution in [3.05, 3.63) is 0 Å². The summed E-state index contributed by atoms with van der Waals surface area (Å²) in [6.07, 6.45) is 0. The minimum absolute atomic E-state index is 0. The van der Waals surface area contributed by atoms with Gasteiger partial charge >= 0.3 is 49.4 Å². The largest absolute Gasteiger partial charge is 3.00 e. The molecule has 0 fully saturated rings. The molecular weight excluding hydrogens is 546 g/mol. The van der Waals surface area contributed by atoms with Crippen molar-refractivity contribution in [3.63, 3.8) is 0 Å². The molecule has 0 rings (SSSR count). The molecule has 0 aromatic heterocycles. The van der Waals surface area contributed by atoms with Gasteiger partial charge in [-0.1, -0.05) is 0 Å². The first-order valence-corrected chi connectivity index (χ1v) is 5.55. The summed E-state index contributed by atoms with van der Waals surface area (Å²) < 4.78 is 102. The Balaban J connectivity index is -0.0000000106. The first-order valence-electron chi connectivity index (χ1n) is 1.85. The van der Waals surface area contributed by atoms with Crippen molar-refractivity contribution >= 4 is 0 Å². The smallest absolute Gasteiger partial charge is 0.412 e. The fourth-order valence-corrected chi connectivity index (χ4v) is 0. The maximum absolute atomic E-state index is 8.49. The molecule has 0 saturated carbocycles. The molecule has 0 aromatic carbocycles. The molecule has 0 bridgehead atoms. The fraction of sp³-hybridized carbons (Fsp3) is 0. The Labute approximate surface area is 167 Å². The molecule has 0 amide bonds. The Hall–Kier alpha value is 1.73. The topological polar surface area (TPSA) is 466 Å². The van der Waals surface area contributed by atoms with Crippen LogP contribution in [0.25, 0.3) is 0 Å². The molecular formula is H12Cl3EuO18. The molecule has 18 nitrogen and oxygen atoms in total. The summed E-state index contributed by atoms with van der Waals surface area (Å²) >= 11 is 0. The third kappa shape index (κ3) is 3110. The van der Waals surface area contributed by atoms with Gasteiger partial charge in [-0.25, -0.2) is 55.9 Å². The number of rotatable bonds is 0. The molecule has 0 radical (unpaired) electrons. The molecule has 0 heterocycles. The molecule has 12 N–H and O–H groups in total. The second-order valence-electron chi connectivity index (χ2n) is 1.13. The Kier molecular flexibility index (Phi) is 81.5. The fourth-order valence-electron chi connectivity index (χ4n) is 0. The summed E-state index contributed by atoms with van der Waals surface area (Å²) in [5, 5.41) is 0. The molecule has 0 aliphatic heterocycles. The van der Waals surface area contributed by atoms with Crippen LogP contribution in [0.15, 0.2) is 0 Å². The number of hydrogen-bond acceptors (Lipinski definition) is 12. The van der Waals surface area contributed by atoms with Gasteiger partial charge in [-0.3, -0.25) is 0 Å². The first-order chi connectivity index (χ1) is 6.00. The van der Waals surface area contributed by atoms with Gasteiger partial charge in [0.05, 0.1) is 0 Å². The summed E-state index contributed by atoms with van der Waals surface area (Å²) in [7, 11) is -14.8. The van der Waals surface area contributed by atoms with E-state index in [4.69, 9.17) is 55.9 Å². The van der Waals surface area contributed by atoms with Gasteiger partial charge in [0.2, 0.25) is 0 Å². The van der Waals surface area contributed by atoms with Crippen LogP contribution in [-0.2, 0) is 0 Å². The molecule has 0 atom stereocenters. The van der Waals surface area contributed by atoms with Gasteiger partial charge in [0.1, 0.15) is 0 Å². The predicted molar refractivity (Wildman–Crippen MR) is 21.7 cm³/mol. The molecule has 0 saturated heterocycles. The molecule has 0 aromatic rings. The van der Waals surface area contributed by atoms with E-state index in [0.29, 0.717) is 0 Å². The van der Waals surface area contributed by atoms with Crippen molar-refractivity contribution in [1.29, 1.82) is 0 Å². The van der Waals surface area contributed by atoms with E-state index in [-0.39, 0.29) is 82.2 Å². The van der Waals surface area contributed by atoms with E-state index in [1.807, 2.05) is 0 Å². The predicted octanol–water partition coefficient (Wildman–Crippen LogP) is -19.2. The minimum atomic E-state index is -4.94. The van der Waals surface area contributed by atoms with Crippen LogP contribution in [0.2, 0.25) is 0 Å². The zero-order valence-corrected chi connectivity index (χ0v) is 14.1. The Bertz CT molecular complexity index is 93.4. The van der Waals surface area contributed by atoms with Crippen molar-refractivity contribution in [1.82, 2.24) is 0 Å². The standard InChI is InChI=1S/3ClHO4.Eu.6H2O/c3*2-1(3,4)5;;;;;;;/h3*(H,2,3,4,5);;6*1H2/q;;;+3;;;;;;/p-3. The van der Waals surface area contributed by atoms with Crippen LogP contribution in [-0.4, -0.2) is 32.9 Å². The average Bonchev–Trinajstić information content (AvgIpc) is 1.41. The maximum Gasteiger partial charge on any atom is 3.00 e. The number of hydrogen-bond donors (Lipinski definition) is 0. The van der Waals surface area contributed by atoms with E-state index in [2.05, 4.69) is 0 Å². The van der Waals surface area contributed by atoms with Crippen molar-refractivity contribution in [3.8, 4) is 0 Å². The van der Waals surface area contributed by atoms with Crippen molar-refractivity contribution in [2.24, 2.45) is 0 Å². The SMILES string of the molecule is O.O.O.O.O.O.[Eu+3].[O-][Cl+3]([O-])([O-])[O-].[O-][Cl+3]([O-])([O-])[O-].[O-][Cl+3]([O-])([O-])[O-]. The monoisotopic (exact) mass is 558 g/mol. The van der Waals surface area contributed by atoms with Gasteiger partial charge < -0.3 is 32.9 Å². The van der Waals surface area contributed by atoms with Crippen LogP contribution in [0, 0.1) is 80.1 Å².